The minimum absolute atomic E-state index is 0.0289. The van der Waals surface area contributed by atoms with Gasteiger partial charge in [-0.3, -0.25) is 4.79 Å². The Morgan fingerprint density at radius 2 is 2.16 bits per heavy atom. The van der Waals surface area contributed by atoms with Gasteiger partial charge in [-0.15, -0.1) is 0 Å². The van der Waals surface area contributed by atoms with Crippen LogP contribution in [-0.4, -0.2) is 24.4 Å². The van der Waals surface area contributed by atoms with Crippen molar-refractivity contribution in [2.75, 3.05) is 22.4 Å². The van der Waals surface area contributed by atoms with E-state index in [2.05, 4.69) is 10.0 Å². The lowest BCUT2D eigenvalue weighted by Gasteiger charge is -2.11. The maximum Gasteiger partial charge on any atom is 0.255 e. The van der Waals surface area contributed by atoms with Crippen molar-refractivity contribution >= 4 is 40.8 Å². The molecule has 1 unspecified atom stereocenters. The smallest absolute Gasteiger partial charge is 0.255 e. The van der Waals surface area contributed by atoms with Gasteiger partial charge >= 0.3 is 0 Å². The maximum atomic E-state index is 13.2. The van der Waals surface area contributed by atoms with E-state index >= 15 is 0 Å². The fourth-order valence-electron chi connectivity index (χ4n) is 2.49. The van der Waals surface area contributed by atoms with Crippen molar-refractivity contribution in [3.63, 3.8) is 0 Å². The van der Waals surface area contributed by atoms with Crippen LogP contribution in [0.2, 0.25) is 5.02 Å². The van der Waals surface area contributed by atoms with Gasteiger partial charge in [0.2, 0.25) is 0 Å². The van der Waals surface area contributed by atoms with E-state index in [-0.39, 0.29) is 10.9 Å². The number of nitrogens with one attached hydrogen (secondary N) is 2. The second-order valence-electron chi connectivity index (χ2n) is 5.71. The molecule has 1 atom stereocenters. The number of ether oxygens (including phenoxy) is 1. The summed E-state index contributed by atoms with van der Waals surface area (Å²) in [5.41, 5.74) is 1.79. The molecule has 0 spiro atoms. The van der Waals surface area contributed by atoms with E-state index in [1.54, 1.807) is 24.1 Å². The number of carbonyl (C=O) groups is 1. The molecule has 2 aromatic carbocycles. The van der Waals surface area contributed by atoms with Gasteiger partial charge in [-0.1, -0.05) is 17.7 Å². The van der Waals surface area contributed by atoms with Gasteiger partial charge in [0.1, 0.15) is 5.82 Å². The van der Waals surface area contributed by atoms with Crippen LogP contribution in [0.3, 0.4) is 0 Å². The number of halogens is 2. The molecule has 3 rings (SSSR count). The average molecular weight is 381 g/mol. The Hall–Kier alpha value is -1.76. The Morgan fingerprint density at radius 1 is 1.28 bits per heavy atom. The van der Waals surface area contributed by atoms with E-state index in [1.807, 2.05) is 12.1 Å². The van der Waals surface area contributed by atoms with Crippen molar-refractivity contribution in [2.45, 2.75) is 18.9 Å². The van der Waals surface area contributed by atoms with E-state index in [1.165, 1.54) is 18.2 Å². The SMILES string of the molecule is O=C(Nc1ccc(F)c(Cl)c1)c1cccc(NSCC2CCCO2)c1. The number of hydrogen-bond donors (Lipinski definition) is 2. The third-order valence-corrected chi connectivity index (χ3v) is 4.99. The quantitative estimate of drug-likeness (QED) is 0.694. The molecule has 132 valence electrons. The first-order chi connectivity index (χ1) is 12.1. The second kappa shape index (κ2) is 8.56. The lowest BCUT2D eigenvalue weighted by Crippen LogP contribution is -2.12. The Morgan fingerprint density at radius 3 is 2.92 bits per heavy atom. The van der Waals surface area contributed by atoms with Crippen LogP contribution < -0.4 is 10.0 Å². The molecule has 1 amide bonds. The first-order valence-electron chi connectivity index (χ1n) is 7.98. The van der Waals surface area contributed by atoms with E-state index in [0.717, 1.165) is 30.9 Å². The molecule has 1 aliphatic heterocycles. The fourth-order valence-corrected chi connectivity index (χ4v) is 3.50. The van der Waals surface area contributed by atoms with Crippen LogP contribution in [0.15, 0.2) is 42.5 Å². The van der Waals surface area contributed by atoms with Gasteiger partial charge in [0.25, 0.3) is 5.91 Å². The first kappa shape index (κ1) is 18.0. The summed E-state index contributed by atoms with van der Waals surface area (Å²) in [5, 5.41) is 2.68. The summed E-state index contributed by atoms with van der Waals surface area (Å²) in [6, 6.07) is 11.3. The summed E-state index contributed by atoms with van der Waals surface area (Å²) in [4.78, 5) is 12.3. The van der Waals surface area contributed by atoms with Crippen molar-refractivity contribution in [3.8, 4) is 0 Å². The van der Waals surface area contributed by atoms with Gasteiger partial charge < -0.3 is 14.8 Å². The highest BCUT2D eigenvalue weighted by molar-refractivity contribution is 8.00. The zero-order chi connectivity index (χ0) is 17.6. The number of anilines is 2. The molecule has 0 bridgehead atoms. The molecule has 0 aromatic heterocycles. The minimum atomic E-state index is -0.519. The van der Waals surface area contributed by atoms with Gasteiger partial charge in [0.15, 0.2) is 0 Å². The highest BCUT2D eigenvalue weighted by Crippen LogP contribution is 2.22. The average Bonchev–Trinajstić information content (AvgIpc) is 3.12. The maximum absolute atomic E-state index is 13.2. The Bertz CT molecular complexity index is 754. The van der Waals surface area contributed by atoms with Crippen LogP contribution in [-0.2, 0) is 4.74 Å². The molecule has 1 heterocycles. The van der Waals surface area contributed by atoms with Crippen LogP contribution in [0.4, 0.5) is 15.8 Å². The largest absolute Gasteiger partial charge is 0.377 e. The van der Waals surface area contributed by atoms with Crippen LogP contribution in [0.5, 0.6) is 0 Å². The molecule has 0 aliphatic carbocycles. The zero-order valence-corrected chi connectivity index (χ0v) is 15.0. The number of hydrogen-bond acceptors (Lipinski definition) is 4. The van der Waals surface area contributed by atoms with E-state index in [9.17, 15) is 9.18 Å². The number of benzene rings is 2. The van der Waals surface area contributed by atoms with Crippen LogP contribution in [0, 0.1) is 5.82 Å². The molecule has 1 fully saturated rings. The number of rotatable bonds is 6. The minimum Gasteiger partial charge on any atom is -0.377 e. The number of carbonyl (C=O) groups excluding carboxylic acids is 1. The van der Waals surface area contributed by atoms with Crippen LogP contribution >= 0.6 is 23.5 Å². The van der Waals surface area contributed by atoms with Crippen molar-refractivity contribution in [1.82, 2.24) is 0 Å². The molecule has 7 heteroatoms. The molecule has 1 aliphatic rings. The highest BCUT2D eigenvalue weighted by atomic mass is 35.5. The summed E-state index contributed by atoms with van der Waals surface area (Å²) in [6.07, 6.45) is 2.51. The van der Waals surface area contributed by atoms with Gasteiger partial charge in [-0.25, -0.2) is 4.39 Å². The summed E-state index contributed by atoms with van der Waals surface area (Å²) in [5.74, 6) is 0.0643. The van der Waals surface area contributed by atoms with E-state index in [4.69, 9.17) is 16.3 Å². The van der Waals surface area contributed by atoms with Gasteiger partial charge in [-0.05, 0) is 61.2 Å². The molecule has 1 saturated heterocycles. The summed E-state index contributed by atoms with van der Waals surface area (Å²) < 4.78 is 22.0. The summed E-state index contributed by atoms with van der Waals surface area (Å²) in [6.45, 7) is 0.842. The highest BCUT2D eigenvalue weighted by Gasteiger charge is 2.15. The second-order valence-corrected chi connectivity index (χ2v) is 6.95. The van der Waals surface area contributed by atoms with Gasteiger partial charge in [-0.2, -0.15) is 0 Å². The molecule has 2 N–H and O–H groups in total. The molecule has 0 saturated carbocycles. The first-order valence-corrected chi connectivity index (χ1v) is 9.34. The number of amides is 1. The van der Waals surface area contributed by atoms with E-state index in [0.29, 0.717) is 17.4 Å². The van der Waals surface area contributed by atoms with Crippen molar-refractivity contribution in [1.29, 1.82) is 0 Å². The molecular weight excluding hydrogens is 363 g/mol. The Kier molecular flexibility index (Phi) is 6.18. The molecular formula is C18H18ClFN2O2S. The lowest BCUT2D eigenvalue weighted by molar-refractivity contribution is 0.102. The van der Waals surface area contributed by atoms with Crippen molar-refractivity contribution in [3.05, 3.63) is 58.9 Å². The standard InChI is InChI=1S/C18H18ClFN2O2S/c19-16-10-13(6-7-17(16)20)21-18(23)12-3-1-4-14(9-12)22-25-11-15-5-2-8-24-15/h1,3-4,6-7,9-10,15,22H,2,5,8,11H2,(H,21,23). The summed E-state index contributed by atoms with van der Waals surface area (Å²) in [7, 11) is 0. The Labute approximate surface area is 155 Å². The van der Waals surface area contributed by atoms with Crippen molar-refractivity contribution in [2.24, 2.45) is 0 Å². The van der Waals surface area contributed by atoms with Gasteiger partial charge in [0.05, 0.1) is 11.1 Å². The predicted octanol–water partition coefficient (Wildman–Crippen LogP) is 4.97. The van der Waals surface area contributed by atoms with E-state index < -0.39 is 5.82 Å². The molecule has 0 radical (unpaired) electrons. The third-order valence-electron chi connectivity index (χ3n) is 3.79. The van der Waals surface area contributed by atoms with Crippen LogP contribution in [0.25, 0.3) is 0 Å². The fraction of sp³-hybridized carbons (Fsp3) is 0.278. The van der Waals surface area contributed by atoms with Crippen molar-refractivity contribution < 1.29 is 13.9 Å². The molecule has 4 nitrogen and oxygen atoms in total. The summed E-state index contributed by atoms with van der Waals surface area (Å²) >= 11 is 7.30. The Balaban J connectivity index is 1.57. The monoisotopic (exact) mass is 380 g/mol. The van der Waals surface area contributed by atoms with Gasteiger partial charge in [0, 0.05) is 29.3 Å². The predicted molar refractivity (Wildman–Crippen MR) is 101 cm³/mol. The topological polar surface area (TPSA) is 50.4 Å². The van der Waals surface area contributed by atoms with Crippen LogP contribution in [0.1, 0.15) is 23.2 Å². The third kappa shape index (κ3) is 5.11. The lowest BCUT2D eigenvalue weighted by atomic mass is 10.2. The molecule has 25 heavy (non-hydrogen) atoms. The normalized spacial score (nSPS) is 16.6. The zero-order valence-electron chi connectivity index (χ0n) is 13.4. The molecule has 2 aromatic rings.